The number of carboxylic acids is 1. The second-order valence-electron chi connectivity index (χ2n) is 4.28. The van der Waals surface area contributed by atoms with Crippen LogP contribution in [-0.4, -0.2) is 34.2 Å². The lowest BCUT2D eigenvalue weighted by molar-refractivity contribution is -0.142. The molecule has 0 aliphatic carbocycles. The fourth-order valence-electron chi connectivity index (χ4n) is 1.60. The molecule has 1 unspecified atom stereocenters. The minimum Gasteiger partial charge on any atom is -0.508 e. The number of nitrogens with two attached hydrogens (primary N) is 1. The van der Waals surface area contributed by atoms with Crippen molar-refractivity contribution in [2.75, 3.05) is 0 Å². The molecule has 0 heterocycles. The number of phenolic OH excluding ortho intramolecular Hbond substituents is 1. The summed E-state index contributed by atoms with van der Waals surface area (Å²) in [6.07, 6.45) is 0.579. The number of carbonyl (C=O) groups excluding carboxylic acids is 1. The average Bonchev–Trinajstić information content (AvgIpc) is 2.37. The topological polar surface area (TPSA) is 113 Å². The van der Waals surface area contributed by atoms with Crippen molar-refractivity contribution in [2.24, 2.45) is 5.73 Å². The standard InChI is InChI=1S/C13H18N2O4/c1-2-11(13(18)19)15-12(17)10(14)7-8-3-5-9(16)6-4-8/h3-6,10-11,16H,2,7,14H2,1H3,(H,15,17)(H,18,19)/t10-,11?/m1/s1. The number of aliphatic carboxylic acids is 1. The van der Waals surface area contributed by atoms with Gasteiger partial charge in [-0.2, -0.15) is 0 Å². The molecule has 0 saturated carbocycles. The Labute approximate surface area is 111 Å². The summed E-state index contributed by atoms with van der Waals surface area (Å²) in [7, 11) is 0. The van der Waals surface area contributed by atoms with E-state index < -0.39 is 24.0 Å². The third kappa shape index (κ3) is 4.59. The summed E-state index contributed by atoms with van der Waals surface area (Å²) in [6, 6.07) is 4.60. The van der Waals surface area contributed by atoms with Crippen molar-refractivity contribution >= 4 is 11.9 Å². The lowest BCUT2D eigenvalue weighted by Crippen LogP contribution is -2.48. The first kappa shape index (κ1) is 15.0. The maximum atomic E-state index is 11.7. The van der Waals surface area contributed by atoms with Crippen LogP contribution in [0.5, 0.6) is 5.75 Å². The van der Waals surface area contributed by atoms with Crippen LogP contribution in [0, 0.1) is 0 Å². The molecule has 1 aromatic rings. The smallest absolute Gasteiger partial charge is 0.326 e. The van der Waals surface area contributed by atoms with Gasteiger partial charge in [-0.15, -0.1) is 0 Å². The van der Waals surface area contributed by atoms with Crippen molar-refractivity contribution in [3.8, 4) is 5.75 Å². The van der Waals surface area contributed by atoms with Crippen LogP contribution in [0.25, 0.3) is 0 Å². The molecule has 0 aliphatic rings. The number of nitrogens with one attached hydrogen (secondary N) is 1. The van der Waals surface area contributed by atoms with Crippen molar-refractivity contribution < 1.29 is 19.8 Å². The van der Waals surface area contributed by atoms with E-state index in [2.05, 4.69) is 5.32 Å². The Hall–Kier alpha value is -2.08. The normalized spacial score (nSPS) is 13.6. The molecule has 1 rings (SSSR count). The van der Waals surface area contributed by atoms with Gasteiger partial charge in [0.25, 0.3) is 0 Å². The highest BCUT2D eigenvalue weighted by molar-refractivity contribution is 5.86. The van der Waals surface area contributed by atoms with Gasteiger partial charge in [0.1, 0.15) is 11.8 Å². The summed E-state index contributed by atoms with van der Waals surface area (Å²) in [6.45, 7) is 1.67. The lowest BCUT2D eigenvalue weighted by atomic mass is 10.1. The van der Waals surface area contributed by atoms with Crippen LogP contribution in [0.4, 0.5) is 0 Å². The Kier molecular flexibility index (Phi) is 5.32. The largest absolute Gasteiger partial charge is 0.508 e. The molecular formula is C13H18N2O4. The van der Waals surface area contributed by atoms with Crippen LogP contribution in [-0.2, 0) is 16.0 Å². The number of amides is 1. The number of carbonyl (C=O) groups is 2. The summed E-state index contributed by atoms with van der Waals surface area (Å²) in [5.41, 5.74) is 6.52. The molecule has 2 atom stereocenters. The molecule has 0 fully saturated rings. The molecule has 5 N–H and O–H groups in total. The van der Waals surface area contributed by atoms with Crippen LogP contribution in [0.1, 0.15) is 18.9 Å². The third-order valence-corrected chi connectivity index (χ3v) is 2.75. The van der Waals surface area contributed by atoms with Gasteiger partial charge in [-0.05, 0) is 30.5 Å². The number of aromatic hydroxyl groups is 1. The summed E-state index contributed by atoms with van der Waals surface area (Å²) >= 11 is 0. The number of phenols is 1. The monoisotopic (exact) mass is 266 g/mol. The molecule has 1 aromatic carbocycles. The maximum absolute atomic E-state index is 11.7. The van der Waals surface area contributed by atoms with Crippen molar-refractivity contribution in [3.63, 3.8) is 0 Å². The van der Waals surface area contributed by atoms with Gasteiger partial charge in [0.15, 0.2) is 0 Å². The predicted octanol–water partition coefficient (Wildman–Crippen LogP) is 0.241. The number of benzene rings is 1. The molecule has 0 aromatic heterocycles. The van der Waals surface area contributed by atoms with Gasteiger partial charge in [-0.25, -0.2) is 4.79 Å². The van der Waals surface area contributed by atoms with Gasteiger partial charge in [-0.3, -0.25) is 4.79 Å². The number of hydrogen-bond acceptors (Lipinski definition) is 4. The van der Waals surface area contributed by atoms with Gasteiger partial charge in [-0.1, -0.05) is 19.1 Å². The van der Waals surface area contributed by atoms with Gasteiger partial charge >= 0.3 is 5.97 Å². The Morgan fingerprint density at radius 2 is 1.89 bits per heavy atom. The van der Waals surface area contributed by atoms with Crippen LogP contribution < -0.4 is 11.1 Å². The highest BCUT2D eigenvalue weighted by atomic mass is 16.4. The second kappa shape index (κ2) is 6.75. The van der Waals surface area contributed by atoms with E-state index >= 15 is 0 Å². The molecule has 19 heavy (non-hydrogen) atoms. The molecule has 6 heteroatoms. The van der Waals surface area contributed by atoms with Crippen molar-refractivity contribution in [1.82, 2.24) is 5.32 Å². The highest BCUT2D eigenvalue weighted by Crippen LogP contribution is 2.11. The molecule has 1 amide bonds. The molecule has 0 bridgehead atoms. The van der Waals surface area contributed by atoms with Crippen molar-refractivity contribution in [3.05, 3.63) is 29.8 Å². The van der Waals surface area contributed by atoms with E-state index in [4.69, 9.17) is 15.9 Å². The zero-order valence-electron chi connectivity index (χ0n) is 10.7. The lowest BCUT2D eigenvalue weighted by Gasteiger charge is -2.16. The number of carboxylic acid groups (broad SMARTS) is 1. The van der Waals surface area contributed by atoms with Crippen LogP contribution in [0.15, 0.2) is 24.3 Å². The van der Waals surface area contributed by atoms with Gasteiger partial charge in [0.05, 0.1) is 6.04 Å². The van der Waals surface area contributed by atoms with E-state index in [0.717, 1.165) is 5.56 Å². The minimum absolute atomic E-state index is 0.138. The Balaban J connectivity index is 2.57. The molecule has 104 valence electrons. The molecule has 6 nitrogen and oxygen atoms in total. The van der Waals surface area contributed by atoms with Crippen LogP contribution in [0.2, 0.25) is 0 Å². The summed E-state index contributed by atoms with van der Waals surface area (Å²) in [5.74, 6) is -1.44. The van der Waals surface area contributed by atoms with E-state index in [1.54, 1.807) is 19.1 Å². The Morgan fingerprint density at radius 3 is 2.37 bits per heavy atom. The van der Waals surface area contributed by atoms with Crippen LogP contribution >= 0.6 is 0 Å². The van der Waals surface area contributed by atoms with E-state index in [-0.39, 0.29) is 12.2 Å². The first-order valence-corrected chi connectivity index (χ1v) is 6.00. The molecular weight excluding hydrogens is 248 g/mol. The van der Waals surface area contributed by atoms with Crippen LogP contribution in [0.3, 0.4) is 0 Å². The fraction of sp³-hybridized carbons (Fsp3) is 0.385. The van der Waals surface area contributed by atoms with Gasteiger partial charge < -0.3 is 21.3 Å². The third-order valence-electron chi connectivity index (χ3n) is 2.75. The summed E-state index contributed by atoms with van der Waals surface area (Å²) in [4.78, 5) is 22.5. The Morgan fingerprint density at radius 1 is 1.32 bits per heavy atom. The van der Waals surface area contributed by atoms with E-state index in [1.807, 2.05) is 0 Å². The zero-order chi connectivity index (χ0) is 14.4. The number of rotatable bonds is 6. The zero-order valence-corrected chi connectivity index (χ0v) is 10.7. The van der Waals surface area contributed by atoms with Gasteiger partial charge in [0, 0.05) is 0 Å². The predicted molar refractivity (Wildman–Crippen MR) is 69.6 cm³/mol. The summed E-state index contributed by atoms with van der Waals surface area (Å²) < 4.78 is 0. The quantitative estimate of drug-likeness (QED) is 0.589. The molecule has 0 aliphatic heterocycles. The SMILES string of the molecule is CCC(NC(=O)[C@H](N)Cc1ccc(O)cc1)C(=O)O. The first-order valence-electron chi connectivity index (χ1n) is 6.00. The van der Waals surface area contributed by atoms with E-state index in [0.29, 0.717) is 6.42 Å². The minimum atomic E-state index is -1.08. The maximum Gasteiger partial charge on any atom is 0.326 e. The molecule has 0 radical (unpaired) electrons. The first-order chi connectivity index (χ1) is 8.93. The second-order valence-corrected chi connectivity index (χ2v) is 4.28. The van der Waals surface area contributed by atoms with E-state index in [9.17, 15) is 9.59 Å². The average molecular weight is 266 g/mol. The number of hydrogen-bond donors (Lipinski definition) is 4. The highest BCUT2D eigenvalue weighted by Gasteiger charge is 2.21. The van der Waals surface area contributed by atoms with Crippen molar-refractivity contribution in [2.45, 2.75) is 31.8 Å². The molecule has 0 saturated heterocycles. The van der Waals surface area contributed by atoms with Crippen molar-refractivity contribution in [1.29, 1.82) is 0 Å². The van der Waals surface area contributed by atoms with E-state index in [1.165, 1.54) is 12.1 Å². The van der Waals surface area contributed by atoms with Gasteiger partial charge in [0.2, 0.25) is 5.91 Å². The molecule has 0 spiro atoms. The summed E-state index contributed by atoms with van der Waals surface area (Å²) in [5, 5.41) is 20.4. The fourth-order valence-corrected chi connectivity index (χ4v) is 1.60. The Bertz CT molecular complexity index is 444.